The predicted octanol–water partition coefficient (Wildman–Crippen LogP) is 4.24. The van der Waals surface area contributed by atoms with Crippen LogP contribution >= 0.6 is 0 Å². The maximum atomic E-state index is 14.0. The molecule has 3 aliphatic heterocycles. The van der Waals surface area contributed by atoms with Crippen LogP contribution in [-0.4, -0.2) is 90.8 Å². The molecule has 1 spiro atoms. The molecule has 0 bridgehead atoms. The highest BCUT2D eigenvalue weighted by molar-refractivity contribution is 6.15. The third-order valence-corrected chi connectivity index (χ3v) is 10.1. The molecule has 5 N–H and O–H groups in total. The number of amides is 2. The average Bonchev–Trinajstić information content (AvgIpc) is 3.82. The van der Waals surface area contributed by atoms with E-state index in [0.29, 0.717) is 91.8 Å². The monoisotopic (exact) mass is 671 g/mol. The molecule has 1 aromatic heterocycles. The number of nitrogens with one attached hydrogen (secondary N) is 1. The second kappa shape index (κ2) is 13.4. The van der Waals surface area contributed by atoms with Gasteiger partial charge >= 0.3 is 0 Å². The van der Waals surface area contributed by atoms with Crippen LogP contribution < -0.4 is 16.4 Å². The number of nitrogen functional groups attached to an aromatic ring is 1. The minimum atomic E-state index is -0.524. The van der Waals surface area contributed by atoms with Crippen LogP contribution in [0.5, 0.6) is 0 Å². The smallest absolute Gasteiger partial charge is 0.237 e. The standard InChI is InChI=1S/C38H41N9O3/c1-24-44-32-19-28(7-10-33(32)50-24)35(40)30-20-29(8-9-31(30)39)47-18-14-38(37(47)49)13-17-45(22-38)21-34(48)46-15-11-26(12-16-46)25-3-5-27(6-4-25)36(41)43-23-42-2/h3-11,19-20,23,40H,12-18,21-22,39H2,1-2H3,(H2,41,42,43)/t38-/m0/s1. The fraction of sp³-hybridized carbons (Fsp3) is 0.316. The van der Waals surface area contributed by atoms with Crippen molar-refractivity contribution in [1.82, 2.24) is 14.8 Å². The van der Waals surface area contributed by atoms with Gasteiger partial charge in [-0.3, -0.25) is 24.9 Å². The first kappa shape index (κ1) is 32.9. The normalized spacial score (nSPS) is 20.1. The second-order valence-corrected chi connectivity index (χ2v) is 13.3. The van der Waals surface area contributed by atoms with Gasteiger partial charge in [0.2, 0.25) is 11.8 Å². The van der Waals surface area contributed by atoms with E-state index in [1.807, 2.05) is 64.4 Å². The molecule has 0 unspecified atom stereocenters. The highest BCUT2D eigenvalue weighted by Crippen LogP contribution is 2.43. The van der Waals surface area contributed by atoms with Gasteiger partial charge in [-0.15, -0.1) is 0 Å². The van der Waals surface area contributed by atoms with Crippen molar-refractivity contribution in [2.75, 3.05) is 56.9 Å². The maximum Gasteiger partial charge on any atom is 0.237 e. The molecule has 2 fully saturated rings. The predicted molar refractivity (Wildman–Crippen MR) is 197 cm³/mol. The summed E-state index contributed by atoms with van der Waals surface area (Å²) in [6.07, 6.45) is 5.75. The van der Waals surface area contributed by atoms with Gasteiger partial charge < -0.3 is 25.7 Å². The van der Waals surface area contributed by atoms with Crippen LogP contribution in [-0.2, 0) is 9.59 Å². The molecule has 3 aliphatic rings. The Morgan fingerprint density at radius 2 is 1.84 bits per heavy atom. The lowest BCUT2D eigenvalue weighted by molar-refractivity contribution is -0.132. The number of carbonyl (C=O) groups is 2. The Kier molecular flexibility index (Phi) is 8.79. The van der Waals surface area contributed by atoms with Crippen LogP contribution in [0.15, 0.2) is 81.1 Å². The van der Waals surface area contributed by atoms with Gasteiger partial charge in [0.15, 0.2) is 11.5 Å². The summed E-state index contributed by atoms with van der Waals surface area (Å²) < 4.78 is 5.59. The molecule has 256 valence electrons. The lowest BCUT2D eigenvalue weighted by Gasteiger charge is -2.29. The summed E-state index contributed by atoms with van der Waals surface area (Å²) >= 11 is 0. The summed E-state index contributed by atoms with van der Waals surface area (Å²) in [5.74, 6) is 1.13. The largest absolute Gasteiger partial charge is 0.441 e. The van der Waals surface area contributed by atoms with E-state index in [2.05, 4.69) is 25.9 Å². The zero-order valence-electron chi connectivity index (χ0n) is 28.4. The highest BCUT2D eigenvalue weighted by Gasteiger charge is 2.51. The molecule has 12 nitrogen and oxygen atoms in total. The van der Waals surface area contributed by atoms with E-state index in [9.17, 15) is 9.59 Å². The molecular formula is C38H41N9O3. The van der Waals surface area contributed by atoms with Crippen molar-refractivity contribution >= 4 is 57.7 Å². The first-order valence-electron chi connectivity index (χ1n) is 16.9. The van der Waals surface area contributed by atoms with Crippen LogP contribution in [0.4, 0.5) is 11.4 Å². The molecule has 0 radical (unpaired) electrons. The lowest BCUT2D eigenvalue weighted by Crippen LogP contribution is -2.43. The minimum Gasteiger partial charge on any atom is -0.441 e. The summed E-state index contributed by atoms with van der Waals surface area (Å²) in [7, 11) is 1.65. The summed E-state index contributed by atoms with van der Waals surface area (Å²) in [6, 6.07) is 18.9. The quantitative estimate of drug-likeness (QED) is 0.143. The molecule has 3 aromatic carbocycles. The van der Waals surface area contributed by atoms with Gasteiger partial charge in [0, 0.05) is 68.2 Å². The van der Waals surface area contributed by atoms with Crippen LogP contribution in [0.3, 0.4) is 0 Å². The topological polar surface area (TPSA) is 170 Å². The summed E-state index contributed by atoms with van der Waals surface area (Å²) in [5.41, 5.74) is 19.0. The van der Waals surface area contributed by atoms with Gasteiger partial charge in [0.05, 0.1) is 17.7 Å². The van der Waals surface area contributed by atoms with Crippen LogP contribution in [0.25, 0.3) is 16.7 Å². The number of oxazole rings is 1. The van der Waals surface area contributed by atoms with Gasteiger partial charge in [-0.2, -0.15) is 0 Å². The maximum absolute atomic E-state index is 14.0. The number of nitrogens with two attached hydrogens (primary N) is 2. The van der Waals surface area contributed by atoms with Gasteiger partial charge in [0.25, 0.3) is 0 Å². The summed E-state index contributed by atoms with van der Waals surface area (Å²) in [4.78, 5) is 45.6. The number of hydrogen-bond donors (Lipinski definition) is 3. The number of hydrogen-bond acceptors (Lipinski definition) is 8. The van der Waals surface area contributed by atoms with Crippen LogP contribution in [0, 0.1) is 17.7 Å². The molecule has 2 saturated heterocycles. The van der Waals surface area contributed by atoms with Crippen molar-refractivity contribution in [2.24, 2.45) is 21.1 Å². The Hall–Kier alpha value is -5.62. The Bertz CT molecular complexity index is 2080. The van der Waals surface area contributed by atoms with Gasteiger partial charge in [-0.1, -0.05) is 30.3 Å². The van der Waals surface area contributed by atoms with Crippen LogP contribution in [0.2, 0.25) is 0 Å². The first-order valence-corrected chi connectivity index (χ1v) is 16.9. The van der Waals surface area contributed by atoms with Gasteiger partial charge in [-0.05, 0) is 73.3 Å². The Morgan fingerprint density at radius 1 is 1.06 bits per heavy atom. The Labute approximate surface area is 290 Å². The molecule has 2 amide bonds. The molecule has 12 heteroatoms. The fourth-order valence-electron chi connectivity index (χ4n) is 7.32. The van der Waals surface area contributed by atoms with E-state index in [1.54, 1.807) is 20.0 Å². The second-order valence-electron chi connectivity index (χ2n) is 13.3. The first-order chi connectivity index (χ1) is 24.1. The number of likely N-dealkylation sites (tertiary alicyclic amines) is 1. The fourth-order valence-corrected chi connectivity index (χ4v) is 7.32. The number of aryl methyl sites for hydroxylation is 1. The highest BCUT2D eigenvalue weighted by atomic mass is 16.3. The van der Waals surface area contributed by atoms with E-state index in [-0.39, 0.29) is 17.5 Å². The van der Waals surface area contributed by atoms with E-state index in [0.717, 1.165) is 23.2 Å². The Morgan fingerprint density at radius 3 is 2.60 bits per heavy atom. The number of nitrogens with zero attached hydrogens (tertiary/aromatic N) is 6. The number of benzene rings is 3. The molecular weight excluding hydrogens is 630 g/mol. The number of fused-ring (bicyclic) bond motifs is 1. The number of amidine groups is 1. The van der Waals surface area contributed by atoms with E-state index in [4.69, 9.17) is 21.3 Å². The zero-order valence-corrected chi connectivity index (χ0v) is 28.4. The number of carbonyl (C=O) groups excluding carboxylic acids is 2. The Balaban J connectivity index is 0.967. The molecule has 4 aromatic rings. The minimum absolute atomic E-state index is 0.0669. The van der Waals surface area contributed by atoms with Crippen molar-refractivity contribution in [3.63, 3.8) is 0 Å². The van der Waals surface area contributed by atoms with Crippen molar-refractivity contribution in [3.05, 3.63) is 94.9 Å². The van der Waals surface area contributed by atoms with E-state index >= 15 is 0 Å². The SMILES string of the molecule is CN=CN=C(N)c1ccc(C2=CCN(C(=O)CN3CC[C@]4(CCN(c5ccc(N)c(C(=N)c6ccc7oc(C)nc7c6)c5)C4=O)C3)CC2)cc1. The number of aromatic nitrogens is 1. The molecule has 0 saturated carbocycles. The molecule has 1 atom stereocenters. The number of aliphatic imine (C=N–C) groups is 2. The third kappa shape index (κ3) is 6.29. The molecule has 7 rings (SSSR count). The number of anilines is 2. The van der Waals surface area contributed by atoms with E-state index in [1.165, 1.54) is 11.9 Å². The third-order valence-electron chi connectivity index (χ3n) is 10.1. The van der Waals surface area contributed by atoms with Crippen molar-refractivity contribution in [1.29, 1.82) is 5.41 Å². The summed E-state index contributed by atoms with van der Waals surface area (Å²) in [5, 5.41) is 8.94. The van der Waals surface area contributed by atoms with Crippen LogP contribution in [0.1, 0.15) is 47.4 Å². The molecule has 50 heavy (non-hydrogen) atoms. The van der Waals surface area contributed by atoms with Crippen molar-refractivity contribution in [3.8, 4) is 0 Å². The van der Waals surface area contributed by atoms with Crippen molar-refractivity contribution in [2.45, 2.75) is 26.2 Å². The average molecular weight is 672 g/mol. The lowest BCUT2D eigenvalue weighted by atomic mass is 9.85. The van der Waals surface area contributed by atoms with Crippen molar-refractivity contribution < 1.29 is 14.0 Å². The molecule has 4 heterocycles. The summed E-state index contributed by atoms with van der Waals surface area (Å²) in [6.45, 7) is 5.12. The molecule has 0 aliphatic carbocycles. The van der Waals surface area contributed by atoms with E-state index < -0.39 is 5.41 Å². The van der Waals surface area contributed by atoms with Gasteiger partial charge in [-0.25, -0.2) is 9.98 Å². The number of rotatable bonds is 8. The zero-order chi connectivity index (χ0) is 35.0. The van der Waals surface area contributed by atoms with Gasteiger partial charge in [0.1, 0.15) is 17.7 Å².